The third kappa shape index (κ3) is 3.07. The predicted molar refractivity (Wildman–Crippen MR) is 71.5 cm³/mol. The molecule has 0 heterocycles. The average Bonchev–Trinajstić information content (AvgIpc) is 3.04. The van der Waals surface area contributed by atoms with Gasteiger partial charge in [-0.1, -0.05) is 32.4 Å². The Kier molecular flexibility index (Phi) is 3.97. The Bertz CT molecular complexity index is 434. The van der Waals surface area contributed by atoms with E-state index in [1.807, 2.05) is 6.07 Å². The molecule has 1 N–H and O–H groups in total. The maximum absolute atomic E-state index is 10.8. The standard InChI is InChI=1S/C14H20N2O2/c1-3-5-13(15-14-8-10(14)2)11-6-4-7-12(9-11)16(17)18/h4,6-7,9-10,13-15H,3,5,8H2,1-2H3. The second-order valence-electron chi connectivity index (χ2n) is 5.18. The van der Waals surface area contributed by atoms with E-state index in [2.05, 4.69) is 19.2 Å². The van der Waals surface area contributed by atoms with E-state index in [9.17, 15) is 10.1 Å². The van der Waals surface area contributed by atoms with E-state index in [0.29, 0.717) is 6.04 Å². The predicted octanol–water partition coefficient (Wildman–Crippen LogP) is 3.43. The lowest BCUT2D eigenvalue weighted by atomic mass is 10.0. The molecule has 0 aliphatic heterocycles. The van der Waals surface area contributed by atoms with Crippen molar-refractivity contribution < 1.29 is 4.92 Å². The maximum Gasteiger partial charge on any atom is 0.269 e. The molecule has 3 unspecified atom stereocenters. The summed E-state index contributed by atoms with van der Waals surface area (Å²) in [4.78, 5) is 10.5. The third-order valence-electron chi connectivity index (χ3n) is 3.59. The van der Waals surface area contributed by atoms with Crippen molar-refractivity contribution in [2.75, 3.05) is 0 Å². The molecular weight excluding hydrogens is 228 g/mol. The molecule has 1 aromatic rings. The van der Waals surface area contributed by atoms with Gasteiger partial charge in [0.05, 0.1) is 4.92 Å². The Balaban J connectivity index is 2.13. The molecule has 4 nitrogen and oxygen atoms in total. The van der Waals surface area contributed by atoms with E-state index < -0.39 is 0 Å². The van der Waals surface area contributed by atoms with Gasteiger partial charge in [-0.25, -0.2) is 0 Å². The Morgan fingerprint density at radius 1 is 1.56 bits per heavy atom. The van der Waals surface area contributed by atoms with Gasteiger partial charge in [0.2, 0.25) is 0 Å². The number of nitrogens with one attached hydrogen (secondary N) is 1. The van der Waals surface area contributed by atoms with E-state index in [1.165, 1.54) is 6.42 Å². The van der Waals surface area contributed by atoms with E-state index in [1.54, 1.807) is 18.2 Å². The molecule has 0 radical (unpaired) electrons. The van der Waals surface area contributed by atoms with Crippen molar-refractivity contribution in [2.24, 2.45) is 5.92 Å². The van der Waals surface area contributed by atoms with Crippen LogP contribution in [0.1, 0.15) is 44.7 Å². The molecule has 0 spiro atoms. The van der Waals surface area contributed by atoms with E-state index in [0.717, 1.165) is 24.3 Å². The lowest BCUT2D eigenvalue weighted by Gasteiger charge is -2.18. The first kappa shape index (κ1) is 13.0. The van der Waals surface area contributed by atoms with E-state index >= 15 is 0 Å². The number of nitrogens with zero attached hydrogens (tertiary/aromatic N) is 1. The number of nitro benzene ring substituents is 1. The summed E-state index contributed by atoms with van der Waals surface area (Å²) in [5, 5.41) is 14.4. The summed E-state index contributed by atoms with van der Waals surface area (Å²) in [5.74, 6) is 0.739. The summed E-state index contributed by atoms with van der Waals surface area (Å²) in [6.45, 7) is 4.37. The molecule has 1 aliphatic rings. The molecule has 1 aliphatic carbocycles. The van der Waals surface area contributed by atoms with Crippen LogP contribution in [-0.2, 0) is 0 Å². The number of nitro groups is 1. The van der Waals surface area contributed by atoms with Crippen LogP contribution in [0.15, 0.2) is 24.3 Å². The van der Waals surface area contributed by atoms with Crippen molar-refractivity contribution >= 4 is 5.69 Å². The molecule has 98 valence electrons. The molecular formula is C14H20N2O2. The van der Waals surface area contributed by atoms with Gasteiger partial charge in [0, 0.05) is 24.2 Å². The van der Waals surface area contributed by atoms with E-state index in [-0.39, 0.29) is 16.7 Å². The van der Waals surface area contributed by atoms with Gasteiger partial charge in [0.1, 0.15) is 0 Å². The summed E-state index contributed by atoms with van der Waals surface area (Å²) < 4.78 is 0. The monoisotopic (exact) mass is 248 g/mol. The number of non-ortho nitro benzene ring substituents is 1. The van der Waals surface area contributed by atoms with Crippen molar-refractivity contribution in [2.45, 2.75) is 45.2 Å². The molecule has 0 aromatic heterocycles. The highest BCUT2D eigenvalue weighted by Gasteiger charge is 2.34. The second kappa shape index (κ2) is 5.48. The largest absolute Gasteiger partial charge is 0.307 e. The zero-order valence-electron chi connectivity index (χ0n) is 10.9. The normalized spacial score (nSPS) is 23.7. The van der Waals surface area contributed by atoms with Crippen molar-refractivity contribution in [3.8, 4) is 0 Å². The van der Waals surface area contributed by atoms with Gasteiger partial charge in [0.25, 0.3) is 5.69 Å². The minimum absolute atomic E-state index is 0.180. The molecule has 4 heteroatoms. The minimum Gasteiger partial charge on any atom is -0.307 e. The van der Waals surface area contributed by atoms with E-state index in [4.69, 9.17) is 0 Å². The molecule has 3 atom stereocenters. The number of benzene rings is 1. The first-order chi connectivity index (χ1) is 8.61. The zero-order valence-corrected chi connectivity index (χ0v) is 10.9. The Morgan fingerprint density at radius 3 is 2.83 bits per heavy atom. The molecule has 0 bridgehead atoms. The van der Waals surface area contributed by atoms with Gasteiger partial charge in [-0.3, -0.25) is 10.1 Å². The Labute approximate surface area is 108 Å². The van der Waals surface area contributed by atoms with Crippen LogP contribution >= 0.6 is 0 Å². The van der Waals surface area contributed by atoms with Gasteiger partial charge >= 0.3 is 0 Å². The van der Waals surface area contributed by atoms with Gasteiger partial charge in [0.15, 0.2) is 0 Å². The van der Waals surface area contributed by atoms with Gasteiger partial charge < -0.3 is 5.32 Å². The summed E-state index contributed by atoms with van der Waals surface area (Å²) >= 11 is 0. The van der Waals surface area contributed by atoms with Crippen LogP contribution in [0, 0.1) is 16.0 Å². The van der Waals surface area contributed by atoms with Crippen LogP contribution in [0.25, 0.3) is 0 Å². The first-order valence-corrected chi connectivity index (χ1v) is 6.62. The highest BCUT2D eigenvalue weighted by Crippen LogP contribution is 2.33. The lowest BCUT2D eigenvalue weighted by Crippen LogP contribution is -2.24. The molecule has 2 rings (SSSR count). The topological polar surface area (TPSA) is 55.2 Å². The van der Waals surface area contributed by atoms with Gasteiger partial charge in [-0.2, -0.15) is 0 Å². The number of hydrogen-bond donors (Lipinski definition) is 1. The highest BCUT2D eigenvalue weighted by molar-refractivity contribution is 5.36. The fraction of sp³-hybridized carbons (Fsp3) is 0.571. The van der Waals surface area contributed by atoms with Crippen LogP contribution in [-0.4, -0.2) is 11.0 Å². The van der Waals surface area contributed by atoms with Gasteiger partial charge in [-0.15, -0.1) is 0 Å². The molecule has 0 amide bonds. The van der Waals surface area contributed by atoms with Crippen molar-refractivity contribution in [3.63, 3.8) is 0 Å². The molecule has 0 saturated heterocycles. The first-order valence-electron chi connectivity index (χ1n) is 6.62. The highest BCUT2D eigenvalue weighted by atomic mass is 16.6. The summed E-state index contributed by atoms with van der Waals surface area (Å²) in [5.41, 5.74) is 1.21. The average molecular weight is 248 g/mol. The van der Waals surface area contributed by atoms with Crippen LogP contribution in [0.4, 0.5) is 5.69 Å². The Morgan fingerprint density at radius 2 is 2.28 bits per heavy atom. The van der Waals surface area contributed by atoms with Crippen LogP contribution < -0.4 is 5.32 Å². The fourth-order valence-corrected chi connectivity index (χ4v) is 2.30. The molecule has 1 fully saturated rings. The van der Waals surface area contributed by atoms with Crippen molar-refractivity contribution in [1.82, 2.24) is 5.32 Å². The molecule has 1 aromatic carbocycles. The second-order valence-corrected chi connectivity index (χ2v) is 5.18. The molecule has 18 heavy (non-hydrogen) atoms. The van der Waals surface area contributed by atoms with Crippen molar-refractivity contribution in [3.05, 3.63) is 39.9 Å². The smallest absolute Gasteiger partial charge is 0.269 e. The third-order valence-corrected chi connectivity index (χ3v) is 3.59. The van der Waals surface area contributed by atoms with Gasteiger partial charge in [-0.05, 0) is 24.3 Å². The SMILES string of the molecule is CCCC(NC1CC1C)c1cccc([N+](=O)[O-])c1. The lowest BCUT2D eigenvalue weighted by molar-refractivity contribution is -0.384. The summed E-state index contributed by atoms with van der Waals surface area (Å²) in [6, 6.07) is 7.82. The Hall–Kier alpha value is -1.42. The van der Waals surface area contributed by atoms with Crippen LogP contribution in [0.2, 0.25) is 0 Å². The quantitative estimate of drug-likeness (QED) is 0.619. The summed E-state index contributed by atoms with van der Waals surface area (Å²) in [7, 11) is 0. The van der Waals surface area contributed by atoms with Crippen molar-refractivity contribution in [1.29, 1.82) is 0 Å². The number of hydrogen-bond acceptors (Lipinski definition) is 3. The molecule has 1 saturated carbocycles. The number of rotatable bonds is 6. The minimum atomic E-state index is -0.327. The van der Waals surface area contributed by atoms with Crippen LogP contribution in [0.5, 0.6) is 0 Å². The zero-order chi connectivity index (χ0) is 13.1. The summed E-state index contributed by atoms with van der Waals surface area (Å²) in [6.07, 6.45) is 3.31. The fourth-order valence-electron chi connectivity index (χ4n) is 2.30. The maximum atomic E-state index is 10.8. The van der Waals surface area contributed by atoms with Crippen LogP contribution in [0.3, 0.4) is 0 Å².